The molecular weight excluding hydrogens is 260 g/mol. The molecular formula is C12H11F2NO4. The fraction of sp³-hybridized carbons (Fsp3) is 0.333. The Morgan fingerprint density at radius 2 is 2.21 bits per heavy atom. The average molecular weight is 271 g/mol. The van der Waals surface area contributed by atoms with Crippen molar-refractivity contribution in [3.05, 3.63) is 28.8 Å². The first kappa shape index (κ1) is 14.9. The van der Waals surface area contributed by atoms with Crippen molar-refractivity contribution in [3.63, 3.8) is 0 Å². The van der Waals surface area contributed by atoms with Gasteiger partial charge in [-0.25, -0.2) is 4.79 Å². The van der Waals surface area contributed by atoms with Gasteiger partial charge in [-0.1, -0.05) is 0 Å². The summed E-state index contributed by atoms with van der Waals surface area (Å²) in [6.07, 6.45) is 0. The van der Waals surface area contributed by atoms with Crippen LogP contribution in [0.25, 0.3) is 0 Å². The molecule has 0 saturated heterocycles. The number of ether oxygens (including phenoxy) is 2. The number of nitrogens with zero attached hydrogens (tertiary/aromatic N) is 1. The number of hydrogen-bond acceptors (Lipinski definition) is 5. The van der Waals surface area contributed by atoms with E-state index >= 15 is 0 Å². The van der Waals surface area contributed by atoms with Gasteiger partial charge < -0.3 is 14.6 Å². The molecule has 0 atom stereocenters. The van der Waals surface area contributed by atoms with Crippen LogP contribution in [0.2, 0.25) is 0 Å². The Balaban J connectivity index is 3.38. The Bertz CT molecular complexity index is 511. The number of rotatable bonds is 5. The Morgan fingerprint density at radius 3 is 2.68 bits per heavy atom. The molecule has 0 heterocycles. The summed E-state index contributed by atoms with van der Waals surface area (Å²) in [7, 11) is 0. The number of nitriles is 1. The molecule has 0 amide bonds. The van der Waals surface area contributed by atoms with Crippen LogP contribution in [0, 0.1) is 11.3 Å². The minimum atomic E-state index is -3.16. The standard InChI is InChI=1S/C12H11F2NO4/c1-2-18-11(17)10-8(5-15)3-7(6-16)4-9(10)19-12(13)14/h3-4,12,16H,2,6H2,1H3. The van der Waals surface area contributed by atoms with Crippen molar-refractivity contribution in [2.75, 3.05) is 6.61 Å². The Labute approximate surface area is 108 Å². The molecule has 0 aromatic heterocycles. The molecule has 1 aromatic carbocycles. The molecule has 0 radical (unpaired) electrons. The van der Waals surface area contributed by atoms with Gasteiger partial charge in [0.15, 0.2) is 0 Å². The van der Waals surface area contributed by atoms with Crippen LogP contribution in [-0.2, 0) is 11.3 Å². The number of carbonyl (C=O) groups excluding carboxylic acids is 1. The van der Waals surface area contributed by atoms with Crippen LogP contribution in [0.5, 0.6) is 5.75 Å². The molecule has 0 fully saturated rings. The van der Waals surface area contributed by atoms with E-state index in [0.29, 0.717) is 0 Å². The van der Waals surface area contributed by atoms with Crippen molar-refractivity contribution in [1.82, 2.24) is 0 Å². The summed E-state index contributed by atoms with van der Waals surface area (Å²) < 4.78 is 33.5. The first-order valence-electron chi connectivity index (χ1n) is 5.33. The number of benzene rings is 1. The van der Waals surface area contributed by atoms with Gasteiger partial charge in [0, 0.05) is 0 Å². The maximum Gasteiger partial charge on any atom is 0.387 e. The topological polar surface area (TPSA) is 79.6 Å². The lowest BCUT2D eigenvalue weighted by Gasteiger charge is -2.12. The smallest absolute Gasteiger partial charge is 0.387 e. The lowest BCUT2D eigenvalue weighted by Crippen LogP contribution is -2.13. The third kappa shape index (κ3) is 3.63. The van der Waals surface area contributed by atoms with E-state index in [1.54, 1.807) is 13.0 Å². The number of carbonyl (C=O) groups is 1. The van der Waals surface area contributed by atoms with Gasteiger partial charge in [0.05, 0.1) is 18.8 Å². The van der Waals surface area contributed by atoms with E-state index < -0.39 is 24.9 Å². The third-order valence-electron chi connectivity index (χ3n) is 2.16. The van der Waals surface area contributed by atoms with Gasteiger partial charge in [-0.05, 0) is 24.6 Å². The van der Waals surface area contributed by atoms with E-state index in [2.05, 4.69) is 9.47 Å². The highest BCUT2D eigenvalue weighted by Crippen LogP contribution is 2.27. The van der Waals surface area contributed by atoms with Crippen LogP contribution in [0.4, 0.5) is 8.78 Å². The molecule has 0 saturated carbocycles. The first-order valence-corrected chi connectivity index (χ1v) is 5.33. The van der Waals surface area contributed by atoms with Gasteiger partial charge in [0.2, 0.25) is 0 Å². The van der Waals surface area contributed by atoms with Crippen LogP contribution >= 0.6 is 0 Å². The van der Waals surface area contributed by atoms with Gasteiger partial charge in [0.25, 0.3) is 0 Å². The largest absolute Gasteiger partial charge is 0.462 e. The second kappa shape index (κ2) is 6.66. The number of esters is 1. The monoisotopic (exact) mass is 271 g/mol. The third-order valence-corrected chi connectivity index (χ3v) is 2.16. The summed E-state index contributed by atoms with van der Waals surface area (Å²) in [4.78, 5) is 11.7. The van der Waals surface area contributed by atoms with E-state index in [1.165, 1.54) is 6.07 Å². The summed E-state index contributed by atoms with van der Waals surface area (Å²) in [5.41, 5.74) is -0.386. The Kier molecular flexibility index (Phi) is 5.21. The second-order valence-corrected chi connectivity index (χ2v) is 3.39. The van der Waals surface area contributed by atoms with Crippen molar-refractivity contribution in [1.29, 1.82) is 5.26 Å². The lowest BCUT2D eigenvalue weighted by atomic mass is 10.0. The summed E-state index contributed by atoms with van der Waals surface area (Å²) in [6, 6.07) is 3.97. The molecule has 1 N–H and O–H groups in total. The predicted octanol–water partition coefficient (Wildman–Crippen LogP) is 1.83. The maximum absolute atomic E-state index is 12.3. The van der Waals surface area contributed by atoms with Crippen molar-refractivity contribution in [3.8, 4) is 11.8 Å². The molecule has 0 spiro atoms. The highest BCUT2D eigenvalue weighted by molar-refractivity contribution is 5.95. The first-order chi connectivity index (χ1) is 9.03. The molecule has 0 aliphatic heterocycles. The molecule has 0 bridgehead atoms. The molecule has 1 aromatic rings. The van der Waals surface area contributed by atoms with Gasteiger partial charge in [-0.3, -0.25) is 0 Å². The van der Waals surface area contributed by atoms with Crippen LogP contribution in [-0.4, -0.2) is 24.3 Å². The molecule has 1 rings (SSSR count). The van der Waals surface area contributed by atoms with Crippen molar-refractivity contribution in [2.45, 2.75) is 20.1 Å². The minimum absolute atomic E-state index is 0.0274. The SMILES string of the molecule is CCOC(=O)c1c(C#N)cc(CO)cc1OC(F)F. The zero-order valence-corrected chi connectivity index (χ0v) is 10.0. The molecule has 19 heavy (non-hydrogen) atoms. The predicted molar refractivity (Wildman–Crippen MR) is 59.7 cm³/mol. The van der Waals surface area contributed by atoms with Crippen LogP contribution in [0.15, 0.2) is 12.1 Å². The van der Waals surface area contributed by atoms with Gasteiger partial charge in [-0.2, -0.15) is 14.0 Å². The summed E-state index contributed by atoms with van der Waals surface area (Å²) >= 11 is 0. The number of halogens is 2. The minimum Gasteiger partial charge on any atom is -0.462 e. The van der Waals surface area contributed by atoms with Crippen LogP contribution in [0.1, 0.15) is 28.4 Å². The second-order valence-electron chi connectivity index (χ2n) is 3.39. The Hall–Kier alpha value is -2.20. The summed E-state index contributed by atoms with van der Waals surface area (Å²) in [6.45, 7) is -2.06. The molecule has 5 nitrogen and oxygen atoms in total. The zero-order valence-electron chi connectivity index (χ0n) is 10.0. The molecule has 102 valence electrons. The highest BCUT2D eigenvalue weighted by atomic mass is 19.3. The summed E-state index contributed by atoms with van der Waals surface area (Å²) in [5.74, 6) is -1.42. The lowest BCUT2D eigenvalue weighted by molar-refractivity contribution is -0.0505. The average Bonchev–Trinajstić information content (AvgIpc) is 2.37. The fourth-order valence-corrected chi connectivity index (χ4v) is 1.45. The van der Waals surface area contributed by atoms with E-state index in [0.717, 1.165) is 6.07 Å². The van der Waals surface area contributed by atoms with Gasteiger partial charge in [-0.15, -0.1) is 0 Å². The number of aliphatic hydroxyl groups excluding tert-OH is 1. The molecule has 0 aliphatic rings. The zero-order chi connectivity index (χ0) is 14.4. The van der Waals surface area contributed by atoms with Crippen molar-refractivity contribution >= 4 is 5.97 Å². The normalized spacial score (nSPS) is 10.1. The van der Waals surface area contributed by atoms with E-state index in [9.17, 15) is 13.6 Å². The number of hydrogen-bond donors (Lipinski definition) is 1. The molecule has 7 heteroatoms. The molecule has 0 unspecified atom stereocenters. The number of alkyl halides is 2. The Morgan fingerprint density at radius 1 is 1.53 bits per heavy atom. The molecule has 0 aliphatic carbocycles. The quantitative estimate of drug-likeness (QED) is 0.826. The van der Waals surface area contributed by atoms with Crippen LogP contribution < -0.4 is 4.74 Å². The van der Waals surface area contributed by atoms with E-state index in [1.807, 2.05) is 0 Å². The van der Waals surface area contributed by atoms with Gasteiger partial charge in [0.1, 0.15) is 17.4 Å². The van der Waals surface area contributed by atoms with E-state index in [4.69, 9.17) is 10.4 Å². The highest BCUT2D eigenvalue weighted by Gasteiger charge is 2.22. The van der Waals surface area contributed by atoms with Crippen LogP contribution in [0.3, 0.4) is 0 Å². The summed E-state index contributed by atoms with van der Waals surface area (Å²) in [5, 5.41) is 17.9. The number of aliphatic hydroxyl groups is 1. The maximum atomic E-state index is 12.3. The van der Waals surface area contributed by atoms with Crippen molar-refractivity contribution < 1.29 is 28.2 Å². The van der Waals surface area contributed by atoms with Gasteiger partial charge >= 0.3 is 12.6 Å². The van der Waals surface area contributed by atoms with E-state index in [-0.39, 0.29) is 23.3 Å². The fourth-order valence-electron chi connectivity index (χ4n) is 1.45. The van der Waals surface area contributed by atoms with Crippen molar-refractivity contribution in [2.24, 2.45) is 0 Å².